The molecular weight excluding hydrogens is 330 g/mol. The minimum Gasteiger partial charge on any atom is -0.283 e. The number of hydrogen-bond donors (Lipinski definition) is 0. The molecule has 0 rings (SSSR count). The molecule has 0 spiro atoms. The van der Waals surface area contributed by atoms with Crippen LogP contribution in [-0.4, -0.2) is 57.2 Å². The Bertz CT molecular complexity index is 314. The van der Waals surface area contributed by atoms with Crippen LogP contribution in [0, 0.1) is 0 Å². The molecule has 4 heteroatoms. The van der Waals surface area contributed by atoms with E-state index < -0.39 is 0 Å². The van der Waals surface area contributed by atoms with Gasteiger partial charge in [0.25, 0.3) is 0 Å². The molecule has 0 unspecified atom stereocenters. The third kappa shape index (κ3) is 7.57. The van der Waals surface area contributed by atoms with Crippen molar-refractivity contribution < 1.29 is 0 Å². The van der Waals surface area contributed by atoms with E-state index in [0.29, 0.717) is 20.6 Å². The fraction of sp³-hybridized carbons (Fsp3) is 1.00. The summed E-state index contributed by atoms with van der Waals surface area (Å²) in [5.41, 5.74) is 0. The molecule has 0 bridgehead atoms. The molecule has 0 saturated heterocycles. The molecule has 0 aliphatic carbocycles. The highest BCUT2D eigenvalue weighted by molar-refractivity contribution is 7.58. The lowest BCUT2D eigenvalue weighted by Gasteiger charge is -2.49. The monoisotopic (exact) mass is 376 g/mol. The fourth-order valence-corrected chi connectivity index (χ4v) is 13.3. The SMILES string of the molecule is CN(CCN(C)P(C(C)(C)C)C(C)(C)C)P(C(C)(C)C)C(C)(C)C. The van der Waals surface area contributed by atoms with Crippen LogP contribution in [-0.2, 0) is 0 Å². The second-order valence-corrected chi connectivity index (χ2v) is 19.0. The van der Waals surface area contributed by atoms with E-state index in [1.54, 1.807) is 0 Å². The van der Waals surface area contributed by atoms with Gasteiger partial charge in [0.1, 0.15) is 0 Å². The standard InChI is InChI=1S/C20H46N2P2/c1-17(2,3)23(18(4,5)6)21(13)15-16-22(14)24(19(7,8)9)20(10,11)12/h15-16H2,1-14H3. The maximum atomic E-state index is 2.66. The smallest absolute Gasteiger partial charge is 0.0149 e. The Labute approximate surface area is 156 Å². The van der Waals surface area contributed by atoms with Crippen molar-refractivity contribution in [1.29, 1.82) is 0 Å². The molecule has 146 valence electrons. The lowest BCUT2D eigenvalue weighted by Crippen LogP contribution is -2.39. The van der Waals surface area contributed by atoms with Crippen molar-refractivity contribution in [1.82, 2.24) is 9.34 Å². The summed E-state index contributed by atoms with van der Waals surface area (Å²) in [6.07, 6.45) is 0. The van der Waals surface area contributed by atoms with E-state index in [1.165, 1.54) is 0 Å². The lowest BCUT2D eigenvalue weighted by molar-refractivity contribution is 0.422. The summed E-state index contributed by atoms with van der Waals surface area (Å²) in [4.78, 5) is 0. The Morgan fingerprint density at radius 3 is 0.750 bits per heavy atom. The molecule has 0 aromatic carbocycles. The van der Waals surface area contributed by atoms with Crippen LogP contribution in [0.4, 0.5) is 0 Å². The van der Waals surface area contributed by atoms with Crippen LogP contribution in [0.25, 0.3) is 0 Å². The quantitative estimate of drug-likeness (QED) is 0.485. The molecule has 0 aromatic heterocycles. The third-order valence-corrected chi connectivity index (χ3v) is 10.8. The summed E-state index contributed by atoms with van der Waals surface area (Å²) in [6, 6.07) is 0. The first-order chi connectivity index (χ1) is 10.3. The van der Waals surface area contributed by atoms with E-state index in [9.17, 15) is 0 Å². The molecule has 0 N–H and O–H groups in total. The van der Waals surface area contributed by atoms with Crippen LogP contribution < -0.4 is 0 Å². The zero-order chi connectivity index (χ0) is 19.7. The Morgan fingerprint density at radius 2 is 0.625 bits per heavy atom. The Morgan fingerprint density at radius 1 is 0.458 bits per heavy atom. The van der Waals surface area contributed by atoms with Crippen molar-refractivity contribution in [2.24, 2.45) is 0 Å². The summed E-state index contributed by atoms with van der Waals surface area (Å²) in [5, 5.41) is 1.39. The number of likely N-dealkylation sites (N-methyl/N-ethyl adjacent to an activating group) is 2. The van der Waals surface area contributed by atoms with Gasteiger partial charge in [0.15, 0.2) is 0 Å². The molecule has 0 aliphatic heterocycles. The minimum atomic E-state index is -0.196. The first-order valence-corrected chi connectivity index (χ1v) is 11.9. The Kier molecular flexibility index (Phi) is 8.47. The van der Waals surface area contributed by atoms with Gasteiger partial charge in [-0.25, -0.2) is 0 Å². The molecule has 0 radical (unpaired) electrons. The van der Waals surface area contributed by atoms with Gasteiger partial charge in [0, 0.05) is 13.1 Å². The minimum absolute atomic E-state index is 0.196. The molecule has 24 heavy (non-hydrogen) atoms. The van der Waals surface area contributed by atoms with Crippen LogP contribution in [0.3, 0.4) is 0 Å². The van der Waals surface area contributed by atoms with Gasteiger partial charge >= 0.3 is 0 Å². The summed E-state index contributed by atoms with van der Waals surface area (Å²) in [6.45, 7) is 31.2. The van der Waals surface area contributed by atoms with Gasteiger partial charge in [0.05, 0.1) is 0 Å². The highest BCUT2D eigenvalue weighted by Gasteiger charge is 2.39. The van der Waals surface area contributed by atoms with Gasteiger partial charge in [-0.2, -0.15) is 0 Å². The van der Waals surface area contributed by atoms with E-state index >= 15 is 0 Å². The van der Waals surface area contributed by atoms with E-state index in [2.05, 4.69) is 107 Å². The first kappa shape index (κ1) is 24.8. The van der Waals surface area contributed by atoms with Crippen molar-refractivity contribution in [3.63, 3.8) is 0 Å². The van der Waals surface area contributed by atoms with Crippen LogP contribution in [0.15, 0.2) is 0 Å². The predicted octanol–water partition coefficient (Wildman–Crippen LogP) is 6.84. The van der Waals surface area contributed by atoms with Crippen LogP contribution in [0.5, 0.6) is 0 Å². The molecule has 0 atom stereocenters. The average molecular weight is 377 g/mol. The molecule has 0 aliphatic rings. The molecule has 2 nitrogen and oxygen atoms in total. The predicted molar refractivity (Wildman–Crippen MR) is 118 cm³/mol. The fourth-order valence-electron chi connectivity index (χ4n) is 4.55. The van der Waals surface area contributed by atoms with Crippen molar-refractivity contribution in [3.8, 4) is 0 Å². The molecule has 0 saturated carbocycles. The summed E-state index contributed by atoms with van der Waals surface area (Å²) >= 11 is 0. The molecule has 0 heterocycles. The number of nitrogens with zero attached hydrogens (tertiary/aromatic N) is 2. The van der Waals surface area contributed by atoms with Crippen molar-refractivity contribution in [3.05, 3.63) is 0 Å². The number of rotatable bonds is 5. The maximum Gasteiger partial charge on any atom is 0.0149 e. The largest absolute Gasteiger partial charge is 0.283 e. The van der Waals surface area contributed by atoms with Gasteiger partial charge in [-0.3, -0.25) is 9.34 Å². The topological polar surface area (TPSA) is 6.48 Å². The second kappa shape index (κ2) is 8.21. The first-order valence-electron chi connectivity index (χ1n) is 9.32. The van der Waals surface area contributed by atoms with E-state index in [0.717, 1.165) is 13.1 Å². The van der Waals surface area contributed by atoms with Crippen LogP contribution in [0.1, 0.15) is 83.1 Å². The van der Waals surface area contributed by atoms with E-state index in [-0.39, 0.29) is 16.1 Å². The third-order valence-electron chi connectivity index (χ3n) is 3.97. The zero-order valence-corrected chi connectivity index (χ0v) is 21.0. The Hall–Kier alpha value is 0.780. The number of hydrogen-bond acceptors (Lipinski definition) is 2. The van der Waals surface area contributed by atoms with Crippen molar-refractivity contribution >= 4 is 16.1 Å². The van der Waals surface area contributed by atoms with Crippen LogP contribution in [0.2, 0.25) is 0 Å². The van der Waals surface area contributed by atoms with Crippen molar-refractivity contribution in [2.75, 3.05) is 27.2 Å². The van der Waals surface area contributed by atoms with Gasteiger partial charge in [0.2, 0.25) is 0 Å². The molecular formula is C20H46N2P2. The van der Waals surface area contributed by atoms with Gasteiger partial charge < -0.3 is 0 Å². The van der Waals surface area contributed by atoms with E-state index in [1.807, 2.05) is 0 Å². The zero-order valence-electron chi connectivity index (χ0n) is 19.2. The van der Waals surface area contributed by atoms with Gasteiger partial charge in [-0.05, 0) is 50.9 Å². The Balaban J connectivity index is 5.16. The normalized spacial score (nSPS) is 15.2. The average Bonchev–Trinajstić information content (AvgIpc) is 2.17. The summed E-state index contributed by atoms with van der Waals surface area (Å²) in [7, 11) is 4.29. The van der Waals surface area contributed by atoms with E-state index in [4.69, 9.17) is 0 Å². The van der Waals surface area contributed by atoms with Gasteiger partial charge in [-0.1, -0.05) is 83.1 Å². The molecule has 0 fully saturated rings. The highest BCUT2D eigenvalue weighted by Crippen LogP contribution is 2.62. The molecule has 0 amide bonds. The summed E-state index contributed by atoms with van der Waals surface area (Å²) < 4.78 is 5.31. The van der Waals surface area contributed by atoms with Crippen LogP contribution >= 0.6 is 16.1 Å². The maximum absolute atomic E-state index is 2.66. The summed E-state index contributed by atoms with van der Waals surface area (Å²) in [5.74, 6) is 0. The second-order valence-electron chi connectivity index (χ2n) is 11.1. The molecule has 0 aromatic rings. The lowest BCUT2D eigenvalue weighted by atomic mass is 10.2. The van der Waals surface area contributed by atoms with Gasteiger partial charge in [-0.15, -0.1) is 0 Å². The highest BCUT2D eigenvalue weighted by atomic mass is 31.1. The van der Waals surface area contributed by atoms with Crippen molar-refractivity contribution in [2.45, 2.75) is 104 Å².